The molecule has 1 unspecified atom stereocenters. The van der Waals surface area contributed by atoms with Gasteiger partial charge in [0.1, 0.15) is 0 Å². The van der Waals surface area contributed by atoms with E-state index < -0.39 is 0 Å². The molecule has 14 heavy (non-hydrogen) atoms. The molecule has 0 radical (unpaired) electrons. The van der Waals surface area contributed by atoms with Crippen LogP contribution in [0.1, 0.15) is 13.3 Å². The van der Waals surface area contributed by atoms with Crippen LogP contribution in [0, 0.1) is 5.41 Å². The minimum absolute atomic E-state index is 0.103. The summed E-state index contributed by atoms with van der Waals surface area (Å²) in [6.07, 6.45) is 4.19. The maximum absolute atomic E-state index is 11.5. The number of nitrogen functional groups attached to an aromatic ring is 1. The van der Waals surface area contributed by atoms with Crippen molar-refractivity contribution in [3.05, 3.63) is 12.4 Å². The average molecular weight is 194 g/mol. The van der Waals surface area contributed by atoms with Crippen LogP contribution in [0.3, 0.4) is 0 Å². The molecule has 0 bridgehead atoms. The highest BCUT2D eigenvalue weighted by molar-refractivity contribution is 5.84. The summed E-state index contributed by atoms with van der Waals surface area (Å²) in [5, 5.41) is 6.90. The lowest BCUT2D eigenvalue weighted by molar-refractivity contribution is -0.127. The van der Waals surface area contributed by atoms with Crippen LogP contribution in [0.5, 0.6) is 0 Å². The van der Waals surface area contributed by atoms with Crippen LogP contribution < -0.4 is 11.1 Å². The van der Waals surface area contributed by atoms with Gasteiger partial charge in [-0.2, -0.15) is 5.10 Å². The Morgan fingerprint density at radius 2 is 2.57 bits per heavy atom. The van der Waals surface area contributed by atoms with E-state index in [1.54, 1.807) is 17.1 Å². The SMILES string of the molecule is CC1(Cn2cc(N)cn2)CCNC1=O. The zero-order valence-corrected chi connectivity index (χ0v) is 8.16. The second-order valence-corrected chi connectivity index (χ2v) is 4.04. The third-order valence-electron chi connectivity index (χ3n) is 2.67. The van der Waals surface area contributed by atoms with E-state index in [1.165, 1.54) is 0 Å². The Bertz CT molecular complexity index is 359. The molecule has 2 rings (SSSR count). The molecule has 1 aliphatic heterocycles. The molecule has 1 aliphatic rings. The number of rotatable bonds is 2. The summed E-state index contributed by atoms with van der Waals surface area (Å²) in [5.41, 5.74) is 5.84. The van der Waals surface area contributed by atoms with Gasteiger partial charge in [0.05, 0.1) is 23.8 Å². The van der Waals surface area contributed by atoms with Gasteiger partial charge >= 0.3 is 0 Å². The van der Waals surface area contributed by atoms with E-state index in [0.717, 1.165) is 13.0 Å². The standard InChI is InChI=1S/C9H14N4O/c1-9(2-3-11-8(9)14)6-13-5-7(10)4-12-13/h4-5H,2-3,6,10H2,1H3,(H,11,14). The first-order chi connectivity index (χ1) is 6.60. The molecule has 3 N–H and O–H groups in total. The van der Waals surface area contributed by atoms with Crippen molar-refractivity contribution in [1.82, 2.24) is 15.1 Å². The summed E-state index contributed by atoms with van der Waals surface area (Å²) in [6, 6.07) is 0. The van der Waals surface area contributed by atoms with Crippen molar-refractivity contribution in [2.75, 3.05) is 12.3 Å². The first kappa shape index (κ1) is 9.05. The summed E-state index contributed by atoms with van der Waals surface area (Å²) in [4.78, 5) is 11.5. The van der Waals surface area contributed by atoms with Crippen molar-refractivity contribution in [3.8, 4) is 0 Å². The van der Waals surface area contributed by atoms with Gasteiger partial charge in [-0.3, -0.25) is 9.48 Å². The predicted octanol–water partition coefficient (Wildman–Crippen LogP) is -0.00850. The monoisotopic (exact) mass is 194 g/mol. The Morgan fingerprint density at radius 3 is 3.07 bits per heavy atom. The van der Waals surface area contributed by atoms with Crippen LogP contribution in [0.2, 0.25) is 0 Å². The molecule has 1 fully saturated rings. The maximum Gasteiger partial charge on any atom is 0.227 e. The van der Waals surface area contributed by atoms with Gasteiger partial charge in [-0.15, -0.1) is 0 Å². The molecular formula is C9H14N4O. The molecule has 1 aromatic rings. The smallest absolute Gasteiger partial charge is 0.227 e. The molecule has 0 saturated carbocycles. The van der Waals surface area contributed by atoms with Gasteiger partial charge in [0, 0.05) is 12.7 Å². The van der Waals surface area contributed by atoms with E-state index in [1.807, 2.05) is 6.92 Å². The van der Waals surface area contributed by atoms with E-state index in [0.29, 0.717) is 12.2 Å². The fourth-order valence-electron chi connectivity index (χ4n) is 1.75. The zero-order valence-electron chi connectivity index (χ0n) is 8.16. The number of nitrogens with two attached hydrogens (primary N) is 1. The van der Waals surface area contributed by atoms with E-state index >= 15 is 0 Å². The lowest BCUT2D eigenvalue weighted by Crippen LogP contribution is -2.32. The van der Waals surface area contributed by atoms with Crippen molar-refractivity contribution in [1.29, 1.82) is 0 Å². The van der Waals surface area contributed by atoms with Gasteiger partial charge in [-0.05, 0) is 13.3 Å². The van der Waals surface area contributed by atoms with Gasteiger partial charge in [-0.1, -0.05) is 0 Å². The summed E-state index contributed by atoms with van der Waals surface area (Å²) in [7, 11) is 0. The highest BCUT2D eigenvalue weighted by atomic mass is 16.2. The topological polar surface area (TPSA) is 72.9 Å². The number of nitrogens with zero attached hydrogens (tertiary/aromatic N) is 2. The van der Waals surface area contributed by atoms with Crippen LogP contribution in [0.15, 0.2) is 12.4 Å². The van der Waals surface area contributed by atoms with Crippen molar-refractivity contribution < 1.29 is 4.79 Å². The predicted molar refractivity (Wildman–Crippen MR) is 52.4 cm³/mol. The summed E-state index contributed by atoms with van der Waals surface area (Å²) >= 11 is 0. The second-order valence-electron chi connectivity index (χ2n) is 4.04. The quantitative estimate of drug-likeness (QED) is 0.695. The van der Waals surface area contributed by atoms with Crippen LogP contribution in [-0.2, 0) is 11.3 Å². The zero-order chi connectivity index (χ0) is 10.2. The molecule has 76 valence electrons. The molecular weight excluding hydrogens is 180 g/mol. The molecule has 1 saturated heterocycles. The van der Waals surface area contributed by atoms with E-state index in [-0.39, 0.29) is 11.3 Å². The Kier molecular flexibility index (Phi) is 1.94. The van der Waals surface area contributed by atoms with Crippen molar-refractivity contribution in [3.63, 3.8) is 0 Å². The minimum atomic E-state index is -0.335. The van der Waals surface area contributed by atoms with Gasteiger partial charge in [0.25, 0.3) is 0 Å². The fourth-order valence-corrected chi connectivity index (χ4v) is 1.75. The fraction of sp³-hybridized carbons (Fsp3) is 0.556. The van der Waals surface area contributed by atoms with Crippen LogP contribution >= 0.6 is 0 Å². The van der Waals surface area contributed by atoms with Gasteiger partial charge in [-0.25, -0.2) is 0 Å². The Labute approximate surface area is 82.3 Å². The first-order valence-corrected chi connectivity index (χ1v) is 4.66. The highest BCUT2D eigenvalue weighted by Crippen LogP contribution is 2.27. The Morgan fingerprint density at radius 1 is 1.79 bits per heavy atom. The number of carbonyl (C=O) groups excluding carboxylic acids is 1. The molecule has 0 aromatic carbocycles. The molecule has 0 aliphatic carbocycles. The van der Waals surface area contributed by atoms with E-state index in [4.69, 9.17) is 5.73 Å². The Balaban J connectivity index is 2.13. The summed E-state index contributed by atoms with van der Waals surface area (Å²) in [6.45, 7) is 3.30. The summed E-state index contributed by atoms with van der Waals surface area (Å²) in [5.74, 6) is 0.103. The molecule has 5 heteroatoms. The molecule has 5 nitrogen and oxygen atoms in total. The van der Waals surface area contributed by atoms with Crippen LogP contribution in [0.25, 0.3) is 0 Å². The number of hydrogen-bond donors (Lipinski definition) is 2. The number of carbonyl (C=O) groups is 1. The second kappa shape index (κ2) is 3.01. The number of anilines is 1. The van der Waals surface area contributed by atoms with Crippen LogP contribution in [-0.4, -0.2) is 22.2 Å². The molecule has 1 aromatic heterocycles. The maximum atomic E-state index is 11.5. The molecule has 1 atom stereocenters. The van der Waals surface area contributed by atoms with Gasteiger partial charge < -0.3 is 11.1 Å². The lowest BCUT2D eigenvalue weighted by Gasteiger charge is -2.19. The van der Waals surface area contributed by atoms with Crippen LogP contribution in [0.4, 0.5) is 5.69 Å². The van der Waals surface area contributed by atoms with Gasteiger partial charge in [0.2, 0.25) is 5.91 Å². The average Bonchev–Trinajstić information content (AvgIpc) is 2.62. The number of hydrogen-bond acceptors (Lipinski definition) is 3. The summed E-state index contributed by atoms with van der Waals surface area (Å²) < 4.78 is 1.72. The molecule has 1 amide bonds. The largest absolute Gasteiger partial charge is 0.396 e. The third-order valence-corrected chi connectivity index (χ3v) is 2.67. The number of amides is 1. The normalized spacial score (nSPS) is 26.5. The first-order valence-electron chi connectivity index (χ1n) is 4.66. The van der Waals surface area contributed by atoms with Crippen molar-refractivity contribution >= 4 is 11.6 Å². The highest BCUT2D eigenvalue weighted by Gasteiger charge is 2.38. The Hall–Kier alpha value is -1.52. The third kappa shape index (κ3) is 1.45. The molecule has 0 spiro atoms. The minimum Gasteiger partial charge on any atom is -0.396 e. The van der Waals surface area contributed by atoms with Crippen molar-refractivity contribution in [2.24, 2.45) is 5.41 Å². The lowest BCUT2D eigenvalue weighted by atomic mass is 9.89. The van der Waals surface area contributed by atoms with E-state index in [2.05, 4.69) is 10.4 Å². The molecule has 2 heterocycles. The number of aromatic nitrogens is 2. The number of nitrogens with one attached hydrogen (secondary N) is 1. The van der Waals surface area contributed by atoms with Gasteiger partial charge in [0.15, 0.2) is 0 Å². The van der Waals surface area contributed by atoms with Crippen molar-refractivity contribution in [2.45, 2.75) is 19.9 Å². The van der Waals surface area contributed by atoms with E-state index in [9.17, 15) is 4.79 Å².